The van der Waals surface area contributed by atoms with Gasteiger partial charge in [0.1, 0.15) is 17.5 Å². The Hall–Kier alpha value is -3.66. The number of benzene rings is 1. The normalized spacial score (nSPS) is 18.4. The molecule has 1 saturated heterocycles. The van der Waals surface area contributed by atoms with Crippen molar-refractivity contribution in [2.45, 2.75) is 19.0 Å². The number of halogens is 1. The van der Waals surface area contributed by atoms with Crippen molar-refractivity contribution in [1.29, 1.82) is 0 Å². The molecular weight excluding hydrogens is 411 g/mol. The largest absolute Gasteiger partial charge is 0.348 e. The monoisotopic (exact) mass is 436 g/mol. The highest BCUT2D eigenvalue weighted by atomic mass is 19.1. The summed E-state index contributed by atoms with van der Waals surface area (Å²) >= 11 is 0. The van der Waals surface area contributed by atoms with Crippen molar-refractivity contribution in [2.24, 2.45) is 5.92 Å². The van der Waals surface area contributed by atoms with Crippen LogP contribution in [0, 0.1) is 11.7 Å². The molecule has 9 nitrogen and oxygen atoms in total. The number of amides is 1. The number of hydrogen-bond acceptors (Lipinski definition) is 8. The summed E-state index contributed by atoms with van der Waals surface area (Å²) in [5.74, 6) is 1.00. The molecule has 3 atom stereocenters. The molecule has 3 heterocycles. The van der Waals surface area contributed by atoms with Crippen LogP contribution in [0.3, 0.4) is 0 Å². The third-order valence-corrected chi connectivity index (χ3v) is 5.32. The lowest BCUT2D eigenvalue weighted by Gasteiger charge is -2.38. The van der Waals surface area contributed by atoms with Crippen LogP contribution in [0.1, 0.15) is 30.3 Å². The van der Waals surface area contributed by atoms with Gasteiger partial charge in [-0.05, 0) is 24.6 Å². The lowest BCUT2D eigenvalue weighted by atomic mass is 9.87. The van der Waals surface area contributed by atoms with Gasteiger partial charge < -0.3 is 20.9 Å². The molecule has 166 valence electrons. The predicted molar refractivity (Wildman–Crippen MR) is 119 cm³/mol. The number of nitrogens with one attached hydrogen (secondary N) is 3. The van der Waals surface area contributed by atoms with Crippen LogP contribution in [0.4, 0.5) is 22.0 Å². The van der Waals surface area contributed by atoms with Crippen LogP contribution in [0.2, 0.25) is 0 Å². The van der Waals surface area contributed by atoms with Gasteiger partial charge in [0, 0.05) is 39.1 Å². The second kappa shape index (κ2) is 9.23. The summed E-state index contributed by atoms with van der Waals surface area (Å²) in [6.07, 6.45) is 4.76. The van der Waals surface area contributed by atoms with E-state index >= 15 is 0 Å². The zero-order valence-corrected chi connectivity index (χ0v) is 18.1. The highest BCUT2D eigenvalue weighted by Gasteiger charge is 2.39. The molecule has 1 fully saturated rings. The first kappa shape index (κ1) is 21.6. The maximum atomic E-state index is 13.3. The highest BCUT2D eigenvalue weighted by Crippen LogP contribution is 2.32. The van der Waals surface area contributed by atoms with Gasteiger partial charge in [0.25, 0.3) is 0 Å². The molecule has 0 aliphatic carbocycles. The van der Waals surface area contributed by atoms with E-state index in [4.69, 9.17) is 0 Å². The van der Waals surface area contributed by atoms with E-state index in [1.54, 1.807) is 55.8 Å². The van der Waals surface area contributed by atoms with E-state index < -0.39 is 0 Å². The predicted octanol–water partition coefficient (Wildman–Crippen LogP) is 2.67. The van der Waals surface area contributed by atoms with E-state index in [2.05, 4.69) is 35.9 Å². The summed E-state index contributed by atoms with van der Waals surface area (Å²) in [4.78, 5) is 31.6. The molecule has 2 aromatic heterocycles. The Labute approximate surface area is 185 Å². The van der Waals surface area contributed by atoms with Crippen molar-refractivity contribution in [3.05, 3.63) is 66.0 Å². The maximum Gasteiger partial charge on any atom is 0.228 e. The van der Waals surface area contributed by atoms with Crippen LogP contribution < -0.4 is 16.0 Å². The molecule has 1 aliphatic rings. The van der Waals surface area contributed by atoms with Gasteiger partial charge in [-0.2, -0.15) is 4.98 Å². The summed E-state index contributed by atoms with van der Waals surface area (Å²) in [5.41, 5.74) is 1.58. The topological polar surface area (TPSA) is 108 Å². The smallest absolute Gasteiger partial charge is 0.228 e. The van der Waals surface area contributed by atoms with Crippen LogP contribution >= 0.6 is 0 Å². The van der Waals surface area contributed by atoms with Crippen LogP contribution in [0.25, 0.3) is 0 Å². The molecular formula is C22H25FN8O. The van der Waals surface area contributed by atoms with Gasteiger partial charge in [-0.1, -0.05) is 12.1 Å². The number of carbonyl (C=O) groups is 1. The Morgan fingerprint density at radius 2 is 1.97 bits per heavy atom. The fourth-order valence-corrected chi connectivity index (χ4v) is 3.50. The minimum atomic E-state index is -0.290. The molecule has 1 aromatic carbocycles. The first-order valence-corrected chi connectivity index (χ1v) is 10.3. The first-order valence-electron chi connectivity index (χ1n) is 10.3. The second-order valence-electron chi connectivity index (χ2n) is 7.86. The fourth-order valence-electron chi connectivity index (χ4n) is 3.50. The average molecular weight is 436 g/mol. The van der Waals surface area contributed by atoms with Crippen LogP contribution in [-0.4, -0.2) is 51.4 Å². The fraction of sp³-hybridized carbons (Fsp3) is 0.318. The highest BCUT2D eigenvalue weighted by molar-refractivity contribution is 5.80. The molecule has 3 aromatic rings. The number of rotatable bonds is 7. The van der Waals surface area contributed by atoms with Crippen molar-refractivity contribution in [1.82, 2.24) is 30.2 Å². The van der Waals surface area contributed by atoms with Crippen molar-refractivity contribution < 1.29 is 9.18 Å². The summed E-state index contributed by atoms with van der Waals surface area (Å²) in [6.45, 7) is 2.53. The molecule has 0 radical (unpaired) electrons. The van der Waals surface area contributed by atoms with Crippen LogP contribution in [0.5, 0.6) is 0 Å². The van der Waals surface area contributed by atoms with Crippen LogP contribution in [0.15, 0.2) is 48.9 Å². The minimum Gasteiger partial charge on any atom is -0.348 e. The molecule has 0 spiro atoms. The van der Waals surface area contributed by atoms with Crippen LogP contribution in [-0.2, 0) is 4.79 Å². The second-order valence-corrected chi connectivity index (χ2v) is 7.86. The summed E-state index contributed by atoms with van der Waals surface area (Å²) in [5, 5.41) is 9.70. The number of aromatic nitrogens is 4. The molecule has 4 rings (SSSR count). The number of anilines is 3. The summed E-state index contributed by atoms with van der Waals surface area (Å²) in [6, 6.07) is 7.68. The van der Waals surface area contributed by atoms with Gasteiger partial charge in [-0.15, -0.1) is 0 Å². The number of carbonyl (C=O) groups excluding carboxylic acids is 1. The van der Waals surface area contributed by atoms with E-state index in [-0.39, 0.29) is 29.7 Å². The molecule has 10 heteroatoms. The molecule has 3 unspecified atom stereocenters. The Morgan fingerprint density at radius 1 is 1.19 bits per heavy atom. The third kappa shape index (κ3) is 4.80. The zero-order valence-electron chi connectivity index (χ0n) is 18.1. The molecule has 0 saturated carbocycles. The van der Waals surface area contributed by atoms with E-state index in [0.717, 1.165) is 5.56 Å². The Bertz CT molecular complexity index is 1080. The van der Waals surface area contributed by atoms with Gasteiger partial charge in [0.05, 0.1) is 29.9 Å². The molecule has 3 N–H and O–H groups in total. The Morgan fingerprint density at radius 3 is 2.59 bits per heavy atom. The molecule has 1 amide bonds. The zero-order chi connectivity index (χ0) is 22.7. The maximum absolute atomic E-state index is 13.3. The van der Waals surface area contributed by atoms with Gasteiger partial charge in [0.15, 0.2) is 0 Å². The van der Waals surface area contributed by atoms with Gasteiger partial charge in [-0.3, -0.25) is 9.78 Å². The Balaban J connectivity index is 1.62. The SMILES string of the molecule is CC(Nc1nc(Nc2cnccn2)cc(C2NCC2C(=O)N(C)C)n1)c1ccc(F)cc1. The van der Waals surface area contributed by atoms with E-state index in [1.807, 2.05) is 6.92 Å². The Kier molecular flexibility index (Phi) is 6.22. The standard InChI is InChI=1S/C22H25FN8O/c1-13(14-4-6-15(23)7-5-14)27-22-28-17(20-16(11-26-20)21(32)31(2)3)10-18(30-22)29-19-12-24-8-9-25-19/h4-10,12-13,16,20,26H,11H2,1-3H3,(H2,25,27,28,29,30). The molecule has 32 heavy (non-hydrogen) atoms. The van der Waals surface area contributed by atoms with Gasteiger partial charge in [0.2, 0.25) is 11.9 Å². The third-order valence-electron chi connectivity index (χ3n) is 5.32. The lowest BCUT2D eigenvalue weighted by molar-refractivity contribution is -0.136. The van der Waals surface area contributed by atoms with Crippen molar-refractivity contribution in [3.63, 3.8) is 0 Å². The van der Waals surface area contributed by atoms with Crippen molar-refractivity contribution >= 4 is 23.5 Å². The summed E-state index contributed by atoms with van der Waals surface area (Å²) in [7, 11) is 3.49. The molecule has 1 aliphatic heterocycles. The quantitative estimate of drug-likeness (QED) is 0.519. The van der Waals surface area contributed by atoms with E-state index in [1.165, 1.54) is 12.1 Å². The summed E-state index contributed by atoms with van der Waals surface area (Å²) < 4.78 is 13.3. The first-order chi connectivity index (χ1) is 15.4. The van der Waals surface area contributed by atoms with Gasteiger partial charge in [-0.25, -0.2) is 14.4 Å². The molecule has 0 bridgehead atoms. The lowest BCUT2D eigenvalue weighted by Crippen LogP contribution is -2.53. The minimum absolute atomic E-state index is 0.0463. The van der Waals surface area contributed by atoms with E-state index in [9.17, 15) is 9.18 Å². The van der Waals surface area contributed by atoms with Gasteiger partial charge >= 0.3 is 0 Å². The van der Waals surface area contributed by atoms with Crippen molar-refractivity contribution in [3.8, 4) is 0 Å². The van der Waals surface area contributed by atoms with E-state index in [0.29, 0.717) is 29.8 Å². The number of nitrogens with zero attached hydrogens (tertiary/aromatic N) is 5. The van der Waals surface area contributed by atoms with Crippen molar-refractivity contribution in [2.75, 3.05) is 31.3 Å². The average Bonchev–Trinajstić information content (AvgIpc) is 2.74. The number of hydrogen-bond donors (Lipinski definition) is 3.